The molecular weight excluding hydrogens is 332 g/mol. The molecule has 2 N–H and O–H groups in total. The van der Waals surface area contributed by atoms with Gasteiger partial charge < -0.3 is 15.4 Å². The third-order valence-corrected chi connectivity index (χ3v) is 3.98. The van der Waals surface area contributed by atoms with Crippen molar-refractivity contribution in [2.24, 2.45) is 0 Å². The van der Waals surface area contributed by atoms with Gasteiger partial charge in [0.15, 0.2) is 5.69 Å². The number of ether oxygens (including phenoxy) is 1. The number of nitriles is 1. The van der Waals surface area contributed by atoms with Crippen LogP contribution in [-0.2, 0) is 4.74 Å². The normalized spacial score (nSPS) is 14.4. The molecule has 0 bridgehead atoms. The molecule has 26 heavy (non-hydrogen) atoms. The number of rotatable bonds is 6. The Morgan fingerprint density at radius 3 is 2.81 bits per heavy atom. The minimum absolute atomic E-state index is 0.214. The molecule has 0 atom stereocenters. The molecule has 1 aliphatic rings. The number of hydrogen-bond donors (Lipinski definition) is 2. The summed E-state index contributed by atoms with van der Waals surface area (Å²) in [4.78, 5) is 14.5. The van der Waals surface area contributed by atoms with Gasteiger partial charge in [0, 0.05) is 31.9 Å². The maximum Gasteiger partial charge on any atom is 0.276 e. The maximum absolute atomic E-state index is 12.2. The number of morpholine rings is 1. The van der Waals surface area contributed by atoms with Gasteiger partial charge in [-0.05, 0) is 30.3 Å². The number of anilines is 2. The first-order chi connectivity index (χ1) is 12.7. The van der Waals surface area contributed by atoms with E-state index in [0.717, 1.165) is 39.4 Å². The average molecular weight is 352 g/mol. The van der Waals surface area contributed by atoms with Crippen molar-refractivity contribution in [3.05, 3.63) is 47.7 Å². The van der Waals surface area contributed by atoms with E-state index in [2.05, 4.69) is 25.7 Å². The molecule has 0 aliphatic carbocycles. The fraction of sp³-hybridized carbons (Fsp3) is 0.333. The smallest absolute Gasteiger partial charge is 0.276 e. The highest BCUT2D eigenvalue weighted by Crippen LogP contribution is 2.11. The van der Waals surface area contributed by atoms with Crippen molar-refractivity contribution in [1.82, 2.24) is 15.1 Å². The summed E-state index contributed by atoms with van der Waals surface area (Å²) >= 11 is 0. The minimum atomic E-state index is -0.368. The zero-order valence-corrected chi connectivity index (χ0v) is 14.3. The lowest BCUT2D eigenvalue weighted by atomic mass is 10.2. The van der Waals surface area contributed by atoms with Crippen molar-refractivity contribution in [2.45, 2.75) is 0 Å². The van der Waals surface area contributed by atoms with E-state index in [4.69, 9.17) is 10.00 Å². The third-order valence-electron chi connectivity index (χ3n) is 3.98. The van der Waals surface area contributed by atoms with E-state index in [0.29, 0.717) is 17.1 Å². The van der Waals surface area contributed by atoms with Crippen LogP contribution in [0, 0.1) is 11.3 Å². The van der Waals surface area contributed by atoms with E-state index < -0.39 is 0 Å². The summed E-state index contributed by atoms with van der Waals surface area (Å²) in [5.41, 5.74) is 1.24. The summed E-state index contributed by atoms with van der Waals surface area (Å²) in [6.07, 6.45) is 0. The predicted octanol–water partition coefficient (Wildman–Crippen LogP) is 1.34. The standard InChI is InChI=1S/C18H20N6O2/c19-13-14-2-1-3-15(12-14)21-18(25)16-4-5-17(23-22-16)20-6-7-24-8-10-26-11-9-24/h1-5,12H,6-11H2,(H,20,23)(H,21,25). The molecule has 1 aliphatic heterocycles. The SMILES string of the molecule is N#Cc1cccc(NC(=O)c2ccc(NCCN3CCOCC3)nn2)c1. The summed E-state index contributed by atoms with van der Waals surface area (Å²) in [5, 5.41) is 22.8. The molecule has 134 valence electrons. The second-order valence-corrected chi connectivity index (χ2v) is 5.83. The van der Waals surface area contributed by atoms with Crippen molar-refractivity contribution in [3.8, 4) is 6.07 Å². The van der Waals surface area contributed by atoms with Crippen LogP contribution < -0.4 is 10.6 Å². The van der Waals surface area contributed by atoms with E-state index >= 15 is 0 Å². The van der Waals surface area contributed by atoms with E-state index in [1.165, 1.54) is 0 Å². The molecule has 0 unspecified atom stereocenters. The van der Waals surface area contributed by atoms with Crippen molar-refractivity contribution < 1.29 is 9.53 Å². The van der Waals surface area contributed by atoms with Crippen LogP contribution >= 0.6 is 0 Å². The topological polar surface area (TPSA) is 103 Å². The first kappa shape index (κ1) is 17.8. The lowest BCUT2D eigenvalue weighted by Gasteiger charge is -2.26. The summed E-state index contributed by atoms with van der Waals surface area (Å²) in [5.74, 6) is 0.258. The quantitative estimate of drug-likeness (QED) is 0.809. The first-order valence-electron chi connectivity index (χ1n) is 8.44. The van der Waals surface area contributed by atoms with E-state index in [-0.39, 0.29) is 11.6 Å². The number of benzene rings is 1. The highest BCUT2D eigenvalue weighted by Gasteiger charge is 2.11. The van der Waals surface area contributed by atoms with Gasteiger partial charge in [-0.25, -0.2) is 0 Å². The van der Waals surface area contributed by atoms with Crippen molar-refractivity contribution >= 4 is 17.4 Å². The molecule has 8 nitrogen and oxygen atoms in total. The van der Waals surface area contributed by atoms with Gasteiger partial charge in [-0.3, -0.25) is 9.69 Å². The monoisotopic (exact) mass is 352 g/mol. The van der Waals surface area contributed by atoms with E-state index in [1.807, 2.05) is 6.07 Å². The molecule has 0 spiro atoms. The third kappa shape index (κ3) is 4.99. The zero-order valence-electron chi connectivity index (χ0n) is 14.3. The van der Waals surface area contributed by atoms with Crippen molar-refractivity contribution in [2.75, 3.05) is 50.0 Å². The summed E-state index contributed by atoms with van der Waals surface area (Å²) in [7, 11) is 0. The second-order valence-electron chi connectivity index (χ2n) is 5.83. The lowest BCUT2D eigenvalue weighted by Crippen LogP contribution is -2.39. The number of carbonyl (C=O) groups excluding carboxylic acids is 1. The average Bonchev–Trinajstić information content (AvgIpc) is 2.69. The molecule has 2 heterocycles. The molecule has 1 fully saturated rings. The van der Waals surface area contributed by atoms with Crippen LogP contribution in [-0.4, -0.2) is 60.4 Å². The molecule has 0 saturated carbocycles. The Morgan fingerprint density at radius 2 is 2.08 bits per heavy atom. The first-order valence-corrected chi connectivity index (χ1v) is 8.44. The number of aromatic nitrogens is 2. The highest BCUT2D eigenvalue weighted by atomic mass is 16.5. The summed E-state index contributed by atoms with van der Waals surface area (Å²) in [6.45, 7) is 5.10. The van der Waals surface area contributed by atoms with Gasteiger partial charge >= 0.3 is 0 Å². The Labute approximate surface area is 151 Å². The van der Waals surface area contributed by atoms with Gasteiger partial charge in [-0.15, -0.1) is 10.2 Å². The molecule has 3 rings (SSSR count). The molecule has 8 heteroatoms. The number of nitrogens with zero attached hydrogens (tertiary/aromatic N) is 4. The fourth-order valence-corrected chi connectivity index (χ4v) is 2.58. The van der Waals surface area contributed by atoms with Gasteiger partial charge in [0.1, 0.15) is 5.82 Å². The van der Waals surface area contributed by atoms with Gasteiger partial charge in [-0.1, -0.05) is 6.07 Å². The van der Waals surface area contributed by atoms with Crippen LogP contribution in [0.15, 0.2) is 36.4 Å². The predicted molar refractivity (Wildman–Crippen MR) is 96.9 cm³/mol. The number of carbonyl (C=O) groups is 1. The number of hydrogen-bond acceptors (Lipinski definition) is 7. The molecule has 1 amide bonds. The van der Waals surface area contributed by atoms with Gasteiger partial charge in [0.25, 0.3) is 5.91 Å². The van der Waals surface area contributed by atoms with E-state index in [1.54, 1.807) is 36.4 Å². The Kier molecular flexibility index (Phi) is 6.09. The van der Waals surface area contributed by atoms with Crippen LogP contribution in [0.25, 0.3) is 0 Å². The lowest BCUT2D eigenvalue weighted by molar-refractivity contribution is 0.0398. The Balaban J connectivity index is 1.50. The molecule has 1 aromatic carbocycles. The van der Waals surface area contributed by atoms with Gasteiger partial charge in [0.2, 0.25) is 0 Å². The van der Waals surface area contributed by atoms with Crippen LogP contribution in [0.1, 0.15) is 16.1 Å². The van der Waals surface area contributed by atoms with Gasteiger partial charge in [0.05, 0.1) is 24.8 Å². The van der Waals surface area contributed by atoms with Crippen LogP contribution in [0.2, 0.25) is 0 Å². The van der Waals surface area contributed by atoms with Crippen LogP contribution in [0.4, 0.5) is 11.5 Å². The Morgan fingerprint density at radius 1 is 1.23 bits per heavy atom. The summed E-state index contributed by atoms with van der Waals surface area (Å²) in [6, 6.07) is 12.1. The molecule has 1 saturated heterocycles. The molecule has 1 aromatic heterocycles. The summed E-state index contributed by atoms with van der Waals surface area (Å²) < 4.78 is 5.32. The number of amides is 1. The van der Waals surface area contributed by atoms with Crippen LogP contribution in [0.3, 0.4) is 0 Å². The van der Waals surface area contributed by atoms with Crippen molar-refractivity contribution in [1.29, 1.82) is 5.26 Å². The molecule has 2 aromatic rings. The van der Waals surface area contributed by atoms with Crippen molar-refractivity contribution in [3.63, 3.8) is 0 Å². The maximum atomic E-state index is 12.2. The highest BCUT2D eigenvalue weighted by molar-refractivity contribution is 6.02. The Hall–Kier alpha value is -3.02. The molecular formula is C18H20N6O2. The van der Waals surface area contributed by atoms with Crippen LogP contribution in [0.5, 0.6) is 0 Å². The second kappa shape index (κ2) is 8.89. The number of nitrogens with one attached hydrogen (secondary N) is 2. The van der Waals surface area contributed by atoms with E-state index in [9.17, 15) is 4.79 Å². The minimum Gasteiger partial charge on any atom is -0.379 e. The Bertz CT molecular complexity index is 781. The fourth-order valence-electron chi connectivity index (χ4n) is 2.58. The molecule has 0 radical (unpaired) electrons. The zero-order chi connectivity index (χ0) is 18.2. The van der Waals surface area contributed by atoms with Gasteiger partial charge in [-0.2, -0.15) is 5.26 Å². The largest absolute Gasteiger partial charge is 0.379 e.